The molecule has 1 aromatic rings. The maximum absolute atomic E-state index is 12.2. The first-order chi connectivity index (χ1) is 9.00. The third-order valence-electron chi connectivity index (χ3n) is 3.49. The van der Waals surface area contributed by atoms with Crippen LogP contribution >= 0.6 is 15.9 Å². The van der Waals surface area contributed by atoms with E-state index >= 15 is 0 Å². The van der Waals surface area contributed by atoms with E-state index in [2.05, 4.69) is 21.2 Å². The number of nitro groups is 1. The molecule has 2 unspecified atom stereocenters. The molecule has 0 radical (unpaired) electrons. The van der Waals surface area contributed by atoms with E-state index in [1.807, 2.05) is 0 Å². The third-order valence-corrected chi connectivity index (χ3v) is 4.59. The topological polar surface area (TPSA) is 72.2 Å². The van der Waals surface area contributed by atoms with Gasteiger partial charge in [0.1, 0.15) is 0 Å². The van der Waals surface area contributed by atoms with Crippen LogP contribution in [0, 0.1) is 17.0 Å². The summed E-state index contributed by atoms with van der Waals surface area (Å²) in [6.45, 7) is 1.60. The molecule has 0 saturated heterocycles. The van der Waals surface area contributed by atoms with Crippen molar-refractivity contribution in [3.63, 3.8) is 0 Å². The van der Waals surface area contributed by atoms with Gasteiger partial charge in [-0.3, -0.25) is 14.9 Å². The van der Waals surface area contributed by atoms with Crippen molar-refractivity contribution in [2.24, 2.45) is 0 Å². The van der Waals surface area contributed by atoms with Crippen LogP contribution in [0.2, 0.25) is 0 Å². The minimum Gasteiger partial charge on any atom is -0.348 e. The SMILES string of the molecule is Cc1c(C(=O)NC2CCCC2Br)cccc1[N+](=O)[O-]. The van der Waals surface area contributed by atoms with Gasteiger partial charge in [0.05, 0.1) is 4.92 Å². The van der Waals surface area contributed by atoms with E-state index in [0.717, 1.165) is 19.3 Å². The molecular formula is C13H15BrN2O3. The van der Waals surface area contributed by atoms with Gasteiger partial charge in [-0.1, -0.05) is 28.4 Å². The van der Waals surface area contributed by atoms with Crippen molar-refractivity contribution in [1.82, 2.24) is 5.32 Å². The average Bonchev–Trinajstić information content (AvgIpc) is 2.74. The number of amides is 1. The summed E-state index contributed by atoms with van der Waals surface area (Å²) in [6, 6.07) is 4.68. The van der Waals surface area contributed by atoms with Gasteiger partial charge < -0.3 is 5.32 Å². The number of halogens is 1. The lowest BCUT2D eigenvalue weighted by Gasteiger charge is -2.16. The summed E-state index contributed by atoms with van der Waals surface area (Å²) in [5.41, 5.74) is 0.768. The van der Waals surface area contributed by atoms with E-state index in [0.29, 0.717) is 11.1 Å². The van der Waals surface area contributed by atoms with Gasteiger partial charge in [-0.2, -0.15) is 0 Å². The maximum Gasteiger partial charge on any atom is 0.273 e. The molecule has 1 N–H and O–H groups in total. The van der Waals surface area contributed by atoms with Crippen molar-refractivity contribution >= 4 is 27.5 Å². The standard InChI is InChI=1S/C13H15BrN2O3/c1-8-9(4-2-7-12(8)16(18)19)13(17)15-11-6-3-5-10(11)14/h2,4,7,10-11H,3,5-6H2,1H3,(H,15,17). The highest BCUT2D eigenvalue weighted by Crippen LogP contribution is 2.27. The molecule has 1 fully saturated rings. The van der Waals surface area contributed by atoms with Crippen molar-refractivity contribution in [2.75, 3.05) is 0 Å². The first-order valence-electron chi connectivity index (χ1n) is 6.19. The number of hydrogen-bond donors (Lipinski definition) is 1. The van der Waals surface area contributed by atoms with Gasteiger partial charge in [-0.25, -0.2) is 0 Å². The Morgan fingerprint density at radius 3 is 2.79 bits per heavy atom. The van der Waals surface area contributed by atoms with Crippen LogP contribution in [0.25, 0.3) is 0 Å². The molecule has 1 aliphatic rings. The highest BCUT2D eigenvalue weighted by atomic mass is 79.9. The number of nitro benzene ring substituents is 1. The van der Waals surface area contributed by atoms with Gasteiger partial charge in [0.25, 0.3) is 11.6 Å². The molecule has 1 saturated carbocycles. The van der Waals surface area contributed by atoms with E-state index in [4.69, 9.17) is 0 Å². The van der Waals surface area contributed by atoms with Crippen LogP contribution in [-0.2, 0) is 0 Å². The molecule has 0 aliphatic heterocycles. The van der Waals surface area contributed by atoms with Crippen LogP contribution in [0.15, 0.2) is 18.2 Å². The predicted molar refractivity (Wildman–Crippen MR) is 75.7 cm³/mol. The molecule has 6 heteroatoms. The van der Waals surface area contributed by atoms with E-state index < -0.39 is 4.92 Å². The van der Waals surface area contributed by atoms with Crippen molar-refractivity contribution in [1.29, 1.82) is 0 Å². The Hall–Kier alpha value is -1.43. The summed E-state index contributed by atoms with van der Waals surface area (Å²) < 4.78 is 0. The van der Waals surface area contributed by atoms with Gasteiger partial charge >= 0.3 is 0 Å². The van der Waals surface area contributed by atoms with Gasteiger partial charge in [0.2, 0.25) is 0 Å². The number of hydrogen-bond acceptors (Lipinski definition) is 3. The summed E-state index contributed by atoms with van der Waals surface area (Å²) in [4.78, 5) is 22.9. The van der Waals surface area contributed by atoms with Crippen LogP contribution in [0.4, 0.5) is 5.69 Å². The molecular weight excluding hydrogens is 312 g/mol. The Balaban J connectivity index is 2.19. The molecule has 1 aromatic carbocycles. The van der Waals surface area contributed by atoms with Gasteiger partial charge in [-0.05, 0) is 25.8 Å². The van der Waals surface area contributed by atoms with Gasteiger partial charge in [0, 0.05) is 28.1 Å². The minimum absolute atomic E-state index is 0.0190. The van der Waals surface area contributed by atoms with E-state index in [1.165, 1.54) is 6.07 Å². The first-order valence-corrected chi connectivity index (χ1v) is 7.11. The molecule has 0 bridgehead atoms. The quantitative estimate of drug-likeness (QED) is 0.527. The third kappa shape index (κ3) is 2.94. The van der Waals surface area contributed by atoms with Crippen LogP contribution in [-0.4, -0.2) is 21.7 Å². The molecule has 0 spiro atoms. The van der Waals surface area contributed by atoms with Crippen LogP contribution in [0.3, 0.4) is 0 Å². The second kappa shape index (κ2) is 5.69. The smallest absolute Gasteiger partial charge is 0.273 e. The van der Waals surface area contributed by atoms with Crippen molar-refractivity contribution in [3.05, 3.63) is 39.4 Å². The van der Waals surface area contributed by atoms with Crippen molar-refractivity contribution in [3.8, 4) is 0 Å². The zero-order valence-corrected chi connectivity index (χ0v) is 12.1. The molecule has 2 atom stereocenters. The first kappa shape index (κ1) is 14.0. The molecule has 0 heterocycles. The Labute approximate surface area is 119 Å². The van der Waals surface area contributed by atoms with Crippen molar-refractivity contribution < 1.29 is 9.72 Å². The Kier molecular flexibility index (Phi) is 4.19. The van der Waals surface area contributed by atoms with Crippen LogP contribution in [0.1, 0.15) is 35.2 Å². The molecule has 19 heavy (non-hydrogen) atoms. The molecule has 102 valence electrons. The van der Waals surface area contributed by atoms with Crippen molar-refractivity contribution in [2.45, 2.75) is 37.1 Å². The molecule has 0 aromatic heterocycles. The second-order valence-corrected chi connectivity index (χ2v) is 5.91. The van der Waals surface area contributed by atoms with E-state index in [-0.39, 0.29) is 22.5 Å². The lowest BCUT2D eigenvalue weighted by Crippen LogP contribution is -2.38. The Morgan fingerprint density at radius 2 is 2.21 bits per heavy atom. The number of nitrogens with one attached hydrogen (secondary N) is 1. The lowest BCUT2D eigenvalue weighted by atomic mass is 10.1. The Morgan fingerprint density at radius 1 is 1.47 bits per heavy atom. The summed E-state index contributed by atoms with van der Waals surface area (Å²) in [6.07, 6.45) is 3.06. The van der Waals surface area contributed by atoms with E-state index in [9.17, 15) is 14.9 Å². The normalized spacial score (nSPS) is 22.2. The highest BCUT2D eigenvalue weighted by Gasteiger charge is 2.27. The van der Waals surface area contributed by atoms with Gasteiger partial charge in [0.15, 0.2) is 0 Å². The second-order valence-electron chi connectivity index (χ2n) is 4.73. The fourth-order valence-electron chi connectivity index (χ4n) is 2.39. The summed E-state index contributed by atoms with van der Waals surface area (Å²) in [5, 5.41) is 13.8. The highest BCUT2D eigenvalue weighted by molar-refractivity contribution is 9.09. The summed E-state index contributed by atoms with van der Waals surface area (Å²) in [7, 11) is 0. The summed E-state index contributed by atoms with van der Waals surface area (Å²) >= 11 is 3.54. The van der Waals surface area contributed by atoms with Crippen LogP contribution < -0.4 is 5.32 Å². The predicted octanol–water partition coefficient (Wildman–Crippen LogP) is 2.95. The monoisotopic (exact) mass is 326 g/mol. The van der Waals surface area contributed by atoms with Gasteiger partial charge in [-0.15, -0.1) is 0 Å². The molecule has 1 aliphatic carbocycles. The molecule has 2 rings (SSSR count). The number of nitrogens with zero attached hydrogens (tertiary/aromatic N) is 1. The number of carbonyl (C=O) groups is 1. The number of benzene rings is 1. The average molecular weight is 327 g/mol. The number of rotatable bonds is 3. The van der Waals surface area contributed by atoms with Crippen LogP contribution in [0.5, 0.6) is 0 Å². The Bertz CT molecular complexity index is 519. The zero-order chi connectivity index (χ0) is 14.0. The number of alkyl halides is 1. The fraction of sp³-hybridized carbons (Fsp3) is 0.462. The molecule has 5 nitrogen and oxygen atoms in total. The maximum atomic E-state index is 12.2. The van der Waals surface area contributed by atoms with E-state index in [1.54, 1.807) is 19.1 Å². The minimum atomic E-state index is -0.463. The number of carbonyl (C=O) groups excluding carboxylic acids is 1. The summed E-state index contributed by atoms with van der Waals surface area (Å²) in [5.74, 6) is -0.238. The fourth-order valence-corrected chi connectivity index (χ4v) is 3.11. The zero-order valence-electron chi connectivity index (χ0n) is 10.6. The lowest BCUT2D eigenvalue weighted by molar-refractivity contribution is -0.385. The molecule has 1 amide bonds. The largest absolute Gasteiger partial charge is 0.348 e.